The molecule has 0 aliphatic heterocycles. The van der Waals surface area contributed by atoms with E-state index in [1.807, 2.05) is 0 Å². The summed E-state index contributed by atoms with van der Waals surface area (Å²) in [6, 6.07) is 0. The lowest BCUT2D eigenvalue weighted by Crippen LogP contribution is -2.22. The maximum atomic E-state index is 5.12. The summed E-state index contributed by atoms with van der Waals surface area (Å²) in [5, 5.41) is 0. The average Bonchev–Trinajstić information content (AvgIpc) is 1.96. The fourth-order valence-electron chi connectivity index (χ4n) is 0.908. The third-order valence-corrected chi connectivity index (χ3v) is 2.05. The zero-order valence-corrected chi connectivity index (χ0v) is 8.58. The molecule has 4 heteroatoms. The van der Waals surface area contributed by atoms with Gasteiger partial charge in [0.05, 0.1) is 0 Å². The Labute approximate surface area is 80.1 Å². The van der Waals surface area contributed by atoms with Gasteiger partial charge >= 0.3 is 0 Å². The largest absolute Gasteiger partial charge is 0.271 e. The smallest absolute Gasteiger partial charge is 0.0442 e. The van der Waals surface area contributed by atoms with Crippen LogP contribution in [0.25, 0.3) is 0 Å². The first kappa shape index (κ1) is 11.6. The Kier molecular flexibility index (Phi) is 9.21. The molecule has 11 heavy (non-hydrogen) atoms. The molecule has 0 atom stereocenters. The number of nitrogens with two attached hydrogens (primary N) is 1. The molecule has 0 aliphatic rings. The van der Waals surface area contributed by atoms with Gasteiger partial charge in [-0.25, -0.2) is 0 Å². The predicted molar refractivity (Wildman–Crippen MR) is 57.0 cm³/mol. The molecule has 0 rings (SSSR count). The van der Waals surface area contributed by atoms with E-state index in [4.69, 9.17) is 5.84 Å². The van der Waals surface area contributed by atoms with Crippen molar-refractivity contribution in [2.24, 2.45) is 5.84 Å². The Hall–Kier alpha value is 0.620. The predicted octanol–water partition coefficient (Wildman–Crippen LogP) is 1.59. The number of thiol groups is 2. The van der Waals surface area contributed by atoms with Crippen molar-refractivity contribution in [1.29, 1.82) is 0 Å². The van der Waals surface area contributed by atoms with Gasteiger partial charge in [0.15, 0.2) is 0 Å². The molecule has 0 heterocycles. The van der Waals surface area contributed by atoms with E-state index in [0.29, 0.717) is 0 Å². The van der Waals surface area contributed by atoms with Crippen LogP contribution in [0.5, 0.6) is 0 Å². The molecule has 68 valence electrons. The number of hydrogen-bond donors (Lipinski definition) is 4. The second kappa shape index (κ2) is 8.71. The van der Waals surface area contributed by atoms with Crippen LogP contribution in [0.1, 0.15) is 32.1 Å². The summed E-state index contributed by atoms with van der Waals surface area (Å²) in [6.45, 7) is 0.922. The van der Waals surface area contributed by atoms with E-state index >= 15 is 0 Å². The van der Waals surface area contributed by atoms with Crippen molar-refractivity contribution in [2.75, 3.05) is 6.54 Å². The molecule has 0 aromatic carbocycles. The summed E-state index contributed by atoms with van der Waals surface area (Å²) < 4.78 is 0.252. The van der Waals surface area contributed by atoms with Crippen LogP contribution in [0.15, 0.2) is 0 Å². The third-order valence-electron chi connectivity index (χ3n) is 1.53. The van der Waals surface area contributed by atoms with Crippen molar-refractivity contribution in [3.8, 4) is 0 Å². The van der Waals surface area contributed by atoms with Gasteiger partial charge in [0.25, 0.3) is 0 Å². The van der Waals surface area contributed by atoms with E-state index in [0.717, 1.165) is 13.0 Å². The molecule has 0 spiro atoms. The van der Waals surface area contributed by atoms with Crippen LogP contribution in [0.4, 0.5) is 0 Å². The number of rotatable bonds is 7. The molecule has 0 saturated heterocycles. The zero-order chi connectivity index (χ0) is 8.53. The third kappa shape index (κ3) is 10.6. The van der Waals surface area contributed by atoms with Crippen LogP contribution in [0.3, 0.4) is 0 Å². The first-order valence-electron chi connectivity index (χ1n) is 4.07. The number of unbranched alkanes of at least 4 members (excludes halogenated alkanes) is 3. The molecule has 0 unspecified atom stereocenters. The molecule has 0 fully saturated rings. The van der Waals surface area contributed by atoms with Crippen molar-refractivity contribution in [1.82, 2.24) is 5.43 Å². The van der Waals surface area contributed by atoms with E-state index in [1.54, 1.807) is 0 Å². The van der Waals surface area contributed by atoms with E-state index in [2.05, 4.69) is 30.7 Å². The highest BCUT2D eigenvalue weighted by atomic mass is 32.2. The van der Waals surface area contributed by atoms with Gasteiger partial charge in [-0.15, -0.1) is 0 Å². The SMILES string of the molecule is NNCCCCCCC(S)S. The van der Waals surface area contributed by atoms with Crippen LogP contribution in [-0.2, 0) is 0 Å². The van der Waals surface area contributed by atoms with Crippen molar-refractivity contribution < 1.29 is 0 Å². The Morgan fingerprint density at radius 3 is 2.27 bits per heavy atom. The fourth-order valence-corrected chi connectivity index (χ4v) is 1.27. The molecular formula is C7H18N2S2. The molecule has 0 amide bonds. The Morgan fingerprint density at radius 1 is 1.09 bits per heavy atom. The highest BCUT2D eigenvalue weighted by molar-refractivity contribution is 7.99. The molecule has 0 bridgehead atoms. The standard InChI is InChI=1S/C7H18N2S2/c8-9-6-4-2-1-3-5-7(10)11/h7,9-11H,1-6,8H2. The second-order valence-electron chi connectivity index (χ2n) is 2.64. The summed E-state index contributed by atoms with van der Waals surface area (Å²) in [7, 11) is 0. The van der Waals surface area contributed by atoms with E-state index in [1.165, 1.54) is 25.7 Å². The average molecular weight is 194 g/mol. The van der Waals surface area contributed by atoms with Gasteiger partial charge in [-0.05, 0) is 12.8 Å². The first-order valence-corrected chi connectivity index (χ1v) is 5.10. The Balaban J connectivity index is 2.80. The highest BCUT2D eigenvalue weighted by Gasteiger charge is 1.94. The van der Waals surface area contributed by atoms with Gasteiger partial charge in [-0.3, -0.25) is 11.3 Å². The highest BCUT2D eigenvalue weighted by Crippen LogP contribution is 2.11. The van der Waals surface area contributed by atoms with Crippen LogP contribution < -0.4 is 11.3 Å². The number of hydrogen-bond acceptors (Lipinski definition) is 4. The normalized spacial score (nSPS) is 10.9. The second-order valence-corrected chi connectivity index (χ2v) is 4.29. The summed E-state index contributed by atoms with van der Waals surface area (Å²) in [4.78, 5) is 0. The molecular weight excluding hydrogens is 176 g/mol. The van der Waals surface area contributed by atoms with Crippen LogP contribution in [0.2, 0.25) is 0 Å². The minimum Gasteiger partial charge on any atom is -0.271 e. The van der Waals surface area contributed by atoms with Crippen molar-refractivity contribution in [3.63, 3.8) is 0 Å². The number of hydrazine groups is 1. The maximum absolute atomic E-state index is 5.12. The van der Waals surface area contributed by atoms with Crippen LogP contribution in [-0.4, -0.2) is 11.1 Å². The van der Waals surface area contributed by atoms with Gasteiger partial charge in [0.1, 0.15) is 0 Å². The first-order chi connectivity index (χ1) is 5.27. The van der Waals surface area contributed by atoms with Crippen molar-refractivity contribution in [2.45, 2.75) is 36.7 Å². The van der Waals surface area contributed by atoms with Crippen molar-refractivity contribution in [3.05, 3.63) is 0 Å². The van der Waals surface area contributed by atoms with Gasteiger partial charge in [-0.1, -0.05) is 19.3 Å². The molecule has 0 aromatic rings. The summed E-state index contributed by atoms with van der Waals surface area (Å²) in [5.74, 6) is 5.12. The van der Waals surface area contributed by atoms with E-state index in [-0.39, 0.29) is 4.58 Å². The molecule has 0 radical (unpaired) electrons. The molecule has 0 saturated carbocycles. The van der Waals surface area contributed by atoms with Gasteiger partial charge in [0, 0.05) is 11.1 Å². The molecule has 0 aromatic heterocycles. The summed E-state index contributed by atoms with van der Waals surface area (Å²) in [6.07, 6.45) is 6.00. The minimum absolute atomic E-state index is 0.252. The Bertz CT molecular complexity index is 78.8. The summed E-state index contributed by atoms with van der Waals surface area (Å²) >= 11 is 8.35. The van der Waals surface area contributed by atoms with Crippen molar-refractivity contribution >= 4 is 25.3 Å². The Morgan fingerprint density at radius 2 is 1.73 bits per heavy atom. The lowest BCUT2D eigenvalue weighted by atomic mass is 10.1. The van der Waals surface area contributed by atoms with E-state index in [9.17, 15) is 0 Å². The molecule has 3 N–H and O–H groups in total. The van der Waals surface area contributed by atoms with Gasteiger partial charge in [0.2, 0.25) is 0 Å². The monoisotopic (exact) mass is 194 g/mol. The quantitative estimate of drug-likeness (QED) is 0.163. The maximum Gasteiger partial charge on any atom is 0.0442 e. The summed E-state index contributed by atoms with van der Waals surface area (Å²) in [5.41, 5.74) is 2.64. The zero-order valence-electron chi connectivity index (χ0n) is 6.79. The van der Waals surface area contributed by atoms with Crippen LogP contribution >= 0.6 is 25.3 Å². The van der Waals surface area contributed by atoms with E-state index < -0.39 is 0 Å². The topological polar surface area (TPSA) is 38.0 Å². The molecule has 2 nitrogen and oxygen atoms in total. The van der Waals surface area contributed by atoms with Crippen LogP contribution in [0, 0.1) is 0 Å². The van der Waals surface area contributed by atoms with Gasteiger partial charge in [-0.2, -0.15) is 25.3 Å². The lowest BCUT2D eigenvalue weighted by molar-refractivity contribution is 0.594. The minimum atomic E-state index is 0.252. The molecule has 0 aliphatic carbocycles. The fraction of sp³-hybridized carbons (Fsp3) is 1.00. The van der Waals surface area contributed by atoms with Gasteiger partial charge < -0.3 is 0 Å². The lowest BCUT2D eigenvalue weighted by Gasteiger charge is -2.02. The number of nitrogens with one attached hydrogen (secondary N) is 1.